The number of hydrogen-bond donors (Lipinski definition) is 4. The molecular weight excluding hydrogens is 449 g/mol. The molecule has 4 N–H and O–H groups in total. The second-order valence-electron chi connectivity index (χ2n) is 7.34. The molecule has 1 unspecified atom stereocenters. The molecule has 1 aliphatic rings. The fourth-order valence-corrected chi connectivity index (χ4v) is 3.89. The average Bonchev–Trinajstić information content (AvgIpc) is 3.26. The number of ether oxygens (including phenoxy) is 1. The van der Waals surface area contributed by atoms with E-state index in [1.165, 1.54) is 0 Å². The Bertz CT molecular complexity index is 1310. The highest BCUT2D eigenvalue weighted by Crippen LogP contribution is 2.38. The molecule has 0 spiro atoms. The number of fused-ring (bicyclic) bond motifs is 1. The SMILES string of the molecule is Cc1cccc2c(Cn3c(=O)ccn([C@@H]4O[C@H](COP(=O)(O)O)[C@H](O)C4O)c3=O)noc12. The van der Waals surface area contributed by atoms with Crippen LogP contribution in [0.1, 0.15) is 17.5 Å². The highest BCUT2D eigenvalue weighted by atomic mass is 31.2. The zero-order valence-corrected chi connectivity index (χ0v) is 17.5. The summed E-state index contributed by atoms with van der Waals surface area (Å²) in [5.74, 6) is 0. The number of hydrogen-bond acceptors (Lipinski definition) is 9. The summed E-state index contributed by atoms with van der Waals surface area (Å²) in [5.41, 5.74) is 0.219. The van der Waals surface area contributed by atoms with Gasteiger partial charge in [-0.2, -0.15) is 0 Å². The van der Waals surface area contributed by atoms with Gasteiger partial charge in [-0.3, -0.25) is 18.5 Å². The molecule has 0 amide bonds. The van der Waals surface area contributed by atoms with Crippen LogP contribution in [0.15, 0.2) is 44.6 Å². The summed E-state index contributed by atoms with van der Waals surface area (Å²) < 4.78 is 27.7. The summed E-state index contributed by atoms with van der Waals surface area (Å²) in [6, 6.07) is 6.44. The Kier molecular flexibility index (Phi) is 5.90. The number of nitrogens with zero attached hydrogens (tertiary/aromatic N) is 3. The van der Waals surface area contributed by atoms with Crippen molar-refractivity contribution in [1.29, 1.82) is 0 Å². The lowest BCUT2D eigenvalue weighted by Crippen LogP contribution is -2.43. The Labute approximate surface area is 179 Å². The first-order valence-electron chi connectivity index (χ1n) is 9.44. The predicted molar refractivity (Wildman–Crippen MR) is 107 cm³/mol. The smallest absolute Gasteiger partial charge is 0.387 e. The van der Waals surface area contributed by atoms with Gasteiger partial charge < -0.3 is 29.3 Å². The summed E-state index contributed by atoms with van der Waals surface area (Å²) in [5, 5.41) is 25.0. The number of aliphatic hydroxyl groups is 2. The topological polar surface area (TPSA) is 186 Å². The molecule has 13 nitrogen and oxygen atoms in total. The first-order valence-corrected chi connectivity index (χ1v) is 11.0. The normalized spacial score (nSPS) is 23.8. The lowest BCUT2D eigenvalue weighted by Gasteiger charge is -2.18. The standard InChI is InChI=1S/C18H20N3O10P/c1-9-3-2-4-10-11(19-31-16(9)10)7-21-13(22)5-6-20(18(21)25)17-15(24)14(23)12(30-17)8-29-32(26,27)28/h2-6,12,14-15,17,23-24H,7-8H2,1H3,(H2,26,27,28)/t12-,14+,15?,17-/m1/s1. The summed E-state index contributed by atoms with van der Waals surface area (Å²) in [7, 11) is -4.84. The monoisotopic (exact) mass is 469 g/mol. The third-order valence-electron chi connectivity index (χ3n) is 5.19. The maximum Gasteiger partial charge on any atom is 0.469 e. The highest BCUT2D eigenvalue weighted by Gasteiger charge is 2.45. The second-order valence-corrected chi connectivity index (χ2v) is 8.58. The molecule has 32 heavy (non-hydrogen) atoms. The van der Waals surface area contributed by atoms with E-state index in [4.69, 9.17) is 19.0 Å². The van der Waals surface area contributed by atoms with Crippen LogP contribution in [-0.2, 0) is 20.4 Å². The summed E-state index contributed by atoms with van der Waals surface area (Å²) in [6.45, 7) is 0.887. The van der Waals surface area contributed by atoms with Gasteiger partial charge in [0.1, 0.15) is 24.0 Å². The third-order valence-corrected chi connectivity index (χ3v) is 5.68. The van der Waals surface area contributed by atoms with Crippen LogP contribution in [0.4, 0.5) is 0 Å². The average molecular weight is 469 g/mol. The molecule has 172 valence electrons. The molecule has 14 heteroatoms. The van der Waals surface area contributed by atoms with Gasteiger partial charge in [-0.05, 0) is 18.6 Å². The van der Waals surface area contributed by atoms with Gasteiger partial charge in [0.05, 0.1) is 13.2 Å². The van der Waals surface area contributed by atoms with Crippen LogP contribution in [0.25, 0.3) is 11.0 Å². The predicted octanol–water partition coefficient (Wildman–Crippen LogP) is -0.764. The number of aliphatic hydroxyl groups excluding tert-OH is 2. The molecular formula is C18H20N3O10P. The molecule has 0 aliphatic carbocycles. The first kappa shape index (κ1) is 22.6. The van der Waals surface area contributed by atoms with Crippen molar-refractivity contribution < 1.29 is 38.3 Å². The molecule has 1 aliphatic heterocycles. The van der Waals surface area contributed by atoms with Crippen molar-refractivity contribution in [2.24, 2.45) is 0 Å². The number of phosphoric ester groups is 1. The molecule has 0 bridgehead atoms. The molecule has 2 aromatic heterocycles. The van der Waals surface area contributed by atoms with E-state index < -0.39 is 50.2 Å². The molecule has 1 saturated heterocycles. The van der Waals surface area contributed by atoms with E-state index >= 15 is 0 Å². The third kappa shape index (κ3) is 4.19. The Morgan fingerprint density at radius 3 is 2.66 bits per heavy atom. The van der Waals surface area contributed by atoms with Gasteiger partial charge >= 0.3 is 13.5 Å². The molecule has 4 rings (SSSR count). The number of benzene rings is 1. The number of phosphoric acid groups is 1. The van der Waals surface area contributed by atoms with Crippen LogP contribution in [0.2, 0.25) is 0 Å². The lowest BCUT2D eigenvalue weighted by atomic mass is 10.1. The van der Waals surface area contributed by atoms with Crippen molar-refractivity contribution >= 4 is 18.8 Å². The Morgan fingerprint density at radius 2 is 1.94 bits per heavy atom. The van der Waals surface area contributed by atoms with Gasteiger partial charge in [0, 0.05) is 17.6 Å². The fraction of sp³-hybridized carbons (Fsp3) is 0.389. The zero-order valence-electron chi connectivity index (χ0n) is 16.6. The molecule has 3 heterocycles. The minimum Gasteiger partial charge on any atom is -0.387 e. The number of aromatic nitrogens is 3. The number of aryl methyl sites for hydroxylation is 1. The number of para-hydroxylation sites is 1. The number of rotatable bonds is 6. The molecule has 4 atom stereocenters. The van der Waals surface area contributed by atoms with Crippen molar-refractivity contribution in [3.63, 3.8) is 0 Å². The van der Waals surface area contributed by atoms with E-state index in [-0.39, 0.29) is 6.54 Å². The van der Waals surface area contributed by atoms with Gasteiger partial charge in [-0.25, -0.2) is 9.36 Å². The van der Waals surface area contributed by atoms with E-state index in [0.717, 1.165) is 27.0 Å². The van der Waals surface area contributed by atoms with Crippen molar-refractivity contribution in [3.05, 3.63) is 62.6 Å². The van der Waals surface area contributed by atoms with Gasteiger partial charge in [-0.15, -0.1) is 0 Å². The van der Waals surface area contributed by atoms with Crippen molar-refractivity contribution in [2.75, 3.05) is 6.61 Å². The van der Waals surface area contributed by atoms with Crippen molar-refractivity contribution in [2.45, 2.75) is 38.0 Å². The van der Waals surface area contributed by atoms with E-state index in [0.29, 0.717) is 16.7 Å². The first-order chi connectivity index (χ1) is 15.1. The maximum atomic E-state index is 13.0. The minimum absolute atomic E-state index is 0.217. The summed E-state index contributed by atoms with van der Waals surface area (Å²) in [4.78, 5) is 43.1. The van der Waals surface area contributed by atoms with Crippen LogP contribution in [0.3, 0.4) is 0 Å². The Hall–Kier alpha value is -2.64. The maximum absolute atomic E-state index is 13.0. The molecule has 3 aromatic rings. The summed E-state index contributed by atoms with van der Waals surface area (Å²) in [6.07, 6.45) is -4.87. The molecule has 0 radical (unpaired) electrons. The second kappa shape index (κ2) is 8.37. The Balaban J connectivity index is 1.65. The highest BCUT2D eigenvalue weighted by molar-refractivity contribution is 7.46. The largest absolute Gasteiger partial charge is 0.469 e. The van der Waals surface area contributed by atoms with Crippen LogP contribution in [0, 0.1) is 6.92 Å². The van der Waals surface area contributed by atoms with Gasteiger partial charge in [-0.1, -0.05) is 17.3 Å². The fourth-order valence-electron chi connectivity index (χ4n) is 3.55. The van der Waals surface area contributed by atoms with E-state index in [1.54, 1.807) is 12.1 Å². The van der Waals surface area contributed by atoms with Gasteiger partial charge in [0.2, 0.25) is 0 Å². The van der Waals surface area contributed by atoms with Crippen LogP contribution < -0.4 is 11.2 Å². The minimum atomic E-state index is -4.84. The molecule has 0 saturated carbocycles. The van der Waals surface area contributed by atoms with Crippen molar-refractivity contribution in [1.82, 2.24) is 14.3 Å². The van der Waals surface area contributed by atoms with E-state index in [1.807, 2.05) is 13.0 Å². The molecule has 1 fully saturated rings. The van der Waals surface area contributed by atoms with Gasteiger partial charge in [0.15, 0.2) is 11.8 Å². The van der Waals surface area contributed by atoms with Crippen LogP contribution >= 0.6 is 7.82 Å². The van der Waals surface area contributed by atoms with Crippen LogP contribution in [-0.4, -0.2) is 59.2 Å². The van der Waals surface area contributed by atoms with E-state index in [2.05, 4.69) is 9.68 Å². The summed E-state index contributed by atoms with van der Waals surface area (Å²) >= 11 is 0. The van der Waals surface area contributed by atoms with E-state index in [9.17, 15) is 24.4 Å². The Morgan fingerprint density at radius 1 is 1.19 bits per heavy atom. The zero-order chi connectivity index (χ0) is 23.2. The van der Waals surface area contributed by atoms with Gasteiger partial charge in [0.25, 0.3) is 5.56 Å². The van der Waals surface area contributed by atoms with Crippen molar-refractivity contribution in [3.8, 4) is 0 Å². The molecule has 1 aromatic carbocycles. The van der Waals surface area contributed by atoms with Crippen LogP contribution in [0.5, 0.6) is 0 Å². The quantitative estimate of drug-likeness (QED) is 0.332. The lowest BCUT2D eigenvalue weighted by molar-refractivity contribution is -0.0548.